The number of carboxylic acids is 1. The Morgan fingerprint density at radius 3 is 2.50 bits per heavy atom. The smallest absolute Gasteiger partial charge is 0.334 e. The first-order valence-corrected chi connectivity index (χ1v) is 6.28. The first-order chi connectivity index (χ1) is 8.47. The molecule has 6 heteroatoms. The van der Waals surface area contributed by atoms with E-state index < -0.39 is 17.6 Å². The van der Waals surface area contributed by atoms with Gasteiger partial charge in [0, 0.05) is 19.1 Å². The maximum atomic E-state index is 11.7. The highest BCUT2D eigenvalue weighted by Crippen LogP contribution is 2.28. The van der Waals surface area contributed by atoms with Crippen LogP contribution in [0.25, 0.3) is 0 Å². The van der Waals surface area contributed by atoms with Gasteiger partial charge in [0.15, 0.2) is 6.10 Å². The second-order valence-electron chi connectivity index (χ2n) is 4.97. The van der Waals surface area contributed by atoms with Crippen molar-refractivity contribution in [2.75, 3.05) is 13.7 Å². The SMILES string of the molecule is COC(CNC(=O)CC1(N)CCCCC1)C(=O)O. The molecule has 18 heavy (non-hydrogen) atoms. The van der Waals surface area contributed by atoms with E-state index in [9.17, 15) is 9.59 Å². The number of amides is 1. The van der Waals surface area contributed by atoms with Crippen LogP contribution in [-0.4, -0.2) is 42.3 Å². The highest BCUT2D eigenvalue weighted by atomic mass is 16.5. The molecule has 0 saturated heterocycles. The number of carboxylic acid groups (broad SMARTS) is 1. The number of methoxy groups -OCH3 is 1. The Morgan fingerprint density at radius 2 is 2.00 bits per heavy atom. The molecule has 104 valence electrons. The number of nitrogens with two attached hydrogens (primary N) is 1. The predicted molar refractivity (Wildman–Crippen MR) is 66.1 cm³/mol. The van der Waals surface area contributed by atoms with Crippen molar-refractivity contribution in [2.24, 2.45) is 5.73 Å². The molecule has 0 radical (unpaired) electrons. The monoisotopic (exact) mass is 258 g/mol. The van der Waals surface area contributed by atoms with Crippen LogP contribution in [0.3, 0.4) is 0 Å². The van der Waals surface area contributed by atoms with Gasteiger partial charge in [0.1, 0.15) is 0 Å². The molecular weight excluding hydrogens is 236 g/mol. The fourth-order valence-electron chi connectivity index (χ4n) is 2.29. The van der Waals surface area contributed by atoms with Gasteiger partial charge in [-0.1, -0.05) is 19.3 Å². The molecule has 0 spiro atoms. The van der Waals surface area contributed by atoms with Gasteiger partial charge < -0.3 is 20.9 Å². The number of rotatable bonds is 6. The minimum atomic E-state index is -1.09. The summed E-state index contributed by atoms with van der Waals surface area (Å²) < 4.78 is 4.73. The van der Waals surface area contributed by atoms with E-state index in [1.807, 2.05) is 0 Å². The van der Waals surface area contributed by atoms with Gasteiger partial charge in [-0.2, -0.15) is 0 Å². The zero-order chi connectivity index (χ0) is 13.6. The van der Waals surface area contributed by atoms with Gasteiger partial charge in [0.25, 0.3) is 0 Å². The molecule has 1 saturated carbocycles. The molecule has 1 aliphatic carbocycles. The van der Waals surface area contributed by atoms with E-state index in [-0.39, 0.29) is 18.9 Å². The average Bonchev–Trinajstić information content (AvgIpc) is 2.29. The second-order valence-corrected chi connectivity index (χ2v) is 4.97. The maximum absolute atomic E-state index is 11.7. The normalized spacial score (nSPS) is 20.1. The van der Waals surface area contributed by atoms with Gasteiger partial charge in [-0.15, -0.1) is 0 Å². The lowest BCUT2D eigenvalue weighted by Gasteiger charge is -2.32. The molecule has 0 heterocycles. The van der Waals surface area contributed by atoms with Crippen LogP contribution in [0, 0.1) is 0 Å². The number of carbonyl (C=O) groups is 2. The van der Waals surface area contributed by atoms with Gasteiger partial charge in [-0.05, 0) is 12.8 Å². The Morgan fingerprint density at radius 1 is 1.39 bits per heavy atom. The molecule has 0 aliphatic heterocycles. The Kier molecular flexibility index (Phi) is 5.55. The van der Waals surface area contributed by atoms with E-state index in [1.54, 1.807) is 0 Å². The van der Waals surface area contributed by atoms with Gasteiger partial charge in [0.05, 0.1) is 6.54 Å². The van der Waals surface area contributed by atoms with Crippen LogP contribution in [0.15, 0.2) is 0 Å². The number of hydrogen-bond acceptors (Lipinski definition) is 4. The van der Waals surface area contributed by atoms with Crippen LogP contribution in [0.4, 0.5) is 0 Å². The van der Waals surface area contributed by atoms with E-state index in [1.165, 1.54) is 13.5 Å². The van der Waals surface area contributed by atoms with Gasteiger partial charge in [0.2, 0.25) is 5.91 Å². The van der Waals surface area contributed by atoms with E-state index >= 15 is 0 Å². The van der Waals surface area contributed by atoms with Crippen LogP contribution in [-0.2, 0) is 14.3 Å². The topological polar surface area (TPSA) is 102 Å². The molecule has 4 N–H and O–H groups in total. The van der Waals surface area contributed by atoms with Crippen LogP contribution in [0.5, 0.6) is 0 Å². The van der Waals surface area contributed by atoms with Crippen LogP contribution >= 0.6 is 0 Å². The molecule has 0 aromatic heterocycles. The molecule has 6 nitrogen and oxygen atoms in total. The van der Waals surface area contributed by atoms with Crippen molar-refractivity contribution < 1.29 is 19.4 Å². The van der Waals surface area contributed by atoms with E-state index in [4.69, 9.17) is 15.6 Å². The molecule has 0 aromatic rings. The second kappa shape index (κ2) is 6.70. The van der Waals surface area contributed by atoms with Crippen LogP contribution in [0.1, 0.15) is 38.5 Å². The van der Waals surface area contributed by atoms with Gasteiger partial charge in [-0.25, -0.2) is 4.79 Å². The van der Waals surface area contributed by atoms with E-state index in [2.05, 4.69) is 5.32 Å². The molecule has 0 bridgehead atoms. The number of hydrogen-bond donors (Lipinski definition) is 3. The maximum Gasteiger partial charge on any atom is 0.334 e. The van der Waals surface area contributed by atoms with Crippen molar-refractivity contribution >= 4 is 11.9 Å². The Labute approximate surface area is 107 Å². The lowest BCUT2D eigenvalue weighted by Crippen LogP contribution is -2.47. The summed E-state index contributed by atoms with van der Waals surface area (Å²) in [5.41, 5.74) is 5.73. The van der Waals surface area contributed by atoms with Crippen LogP contribution < -0.4 is 11.1 Å². The largest absolute Gasteiger partial charge is 0.479 e. The van der Waals surface area contributed by atoms with Gasteiger partial charge >= 0.3 is 5.97 Å². The Hall–Kier alpha value is -1.14. The molecule has 1 rings (SSSR count). The summed E-state index contributed by atoms with van der Waals surface area (Å²) in [5, 5.41) is 11.3. The summed E-state index contributed by atoms with van der Waals surface area (Å²) in [6, 6.07) is 0. The highest BCUT2D eigenvalue weighted by molar-refractivity contribution is 5.79. The third-order valence-corrected chi connectivity index (χ3v) is 3.41. The first-order valence-electron chi connectivity index (χ1n) is 6.28. The van der Waals surface area contributed by atoms with Crippen molar-refractivity contribution in [3.63, 3.8) is 0 Å². The minimum absolute atomic E-state index is 0.0270. The zero-order valence-corrected chi connectivity index (χ0v) is 10.8. The molecule has 0 aromatic carbocycles. The third-order valence-electron chi connectivity index (χ3n) is 3.41. The van der Waals surface area contributed by atoms with E-state index in [0.29, 0.717) is 0 Å². The summed E-state index contributed by atoms with van der Waals surface area (Å²) in [5.74, 6) is -1.29. The predicted octanol–water partition coefficient (Wildman–Crippen LogP) is 0.254. The van der Waals surface area contributed by atoms with Crippen molar-refractivity contribution in [3.8, 4) is 0 Å². The fourth-order valence-corrected chi connectivity index (χ4v) is 2.29. The number of nitrogens with one attached hydrogen (secondary N) is 1. The molecular formula is C12H22N2O4. The van der Waals surface area contributed by atoms with Crippen molar-refractivity contribution in [1.82, 2.24) is 5.32 Å². The number of ether oxygens (including phenoxy) is 1. The van der Waals surface area contributed by atoms with Crippen molar-refractivity contribution in [3.05, 3.63) is 0 Å². The fraction of sp³-hybridized carbons (Fsp3) is 0.833. The summed E-state index contributed by atoms with van der Waals surface area (Å²) in [6.45, 7) is -0.0270. The minimum Gasteiger partial charge on any atom is -0.479 e. The first kappa shape index (κ1) is 14.9. The molecule has 1 aliphatic rings. The van der Waals surface area contributed by atoms with Crippen molar-refractivity contribution in [2.45, 2.75) is 50.2 Å². The van der Waals surface area contributed by atoms with Gasteiger partial charge in [-0.3, -0.25) is 4.79 Å². The van der Waals surface area contributed by atoms with Crippen LogP contribution in [0.2, 0.25) is 0 Å². The summed E-state index contributed by atoms with van der Waals surface area (Å²) in [7, 11) is 1.30. The van der Waals surface area contributed by atoms with Crippen molar-refractivity contribution in [1.29, 1.82) is 0 Å². The molecule has 1 atom stereocenters. The molecule has 1 fully saturated rings. The summed E-state index contributed by atoms with van der Waals surface area (Å²) >= 11 is 0. The Bertz CT molecular complexity index is 300. The zero-order valence-electron chi connectivity index (χ0n) is 10.8. The lowest BCUT2D eigenvalue weighted by atomic mass is 9.80. The summed E-state index contributed by atoms with van der Waals surface area (Å²) in [4.78, 5) is 22.4. The quantitative estimate of drug-likeness (QED) is 0.634. The standard InChI is InChI=1S/C12H22N2O4/c1-18-9(11(16)17)8-14-10(15)7-12(13)5-3-2-4-6-12/h9H,2-8,13H2,1H3,(H,14,15)(H,16,17). The summed E-state index contributed by atoms with van der Waals surface area (Å²) in [6.07, 6.45) is 4.24. The molecule has 1 amide bonds. The molecule has 1 unspecified atom stereocenters. The third kappa shape index (κ3) is 4.62. The number of carbonyl (C=O) groups excluding carboxylic acids is 1. The Balaban J connectivity index is 2.34. The lowest BCUT2D eigenvalue weighted by molar-refractivity contribution is -0.148. The average molecular weight is 258 g/mol. The van der Waals surface area contributed by atoms with E-state index in [0.717, 1.165) is 25.7 Å². The number of aliphatic carboxylic acids is 1. The highest BCUT2D eigenvalue weighted by Gasteiger charge is 2.30.